The van der Waals surface area contributed by atoms with E-state index >= 15 is 0 Å². The zero-order chi connectivity index (χ0) is 21.7. The first-order chi connectivity index (χ1) is 14.2. The number of aryl methyl sites for hydroxylation is 1. The van der Waals surface area contributed by atoms with Crippen LogP contribution in [-0.2, 0) is 20.6 Å². The molecule has 7 nitrogen and oxygen atoms in total. The van der Waals surface area contributed by atoms with Crippen molar-refractivity contribution >= 4 is 65.8 Å². The van der Waals surface area contributed by atoms with Crippen LogP contribution in [0.5, 0.6) is 0 Å². The Morgan fingerprint density at radius 1 is 1.20 bits per heavy atom. The number of anilines is 2. The van der Waals surface area contributed by atoms with Crippen LogP contribution in [0.1, 0.15) is 11.1 Å². The average Bonchev–Trinajstić information content (AvgIpc) is 3.14. The largest absolute Gasteiger partial charge is 0.299 e. The van der Waals surface area contributed by atoms with Crippen LogP contribution in [0.3, 0.4) is 0 Å². The van der Waals surface area contributed by atoms with E-state index in [1.54, 1.807) is 18.2 Å². The van der Waals surface area contributed by atoms with Crippen molar-refractivity contribution in [2.24, 2.45) is 0 Å². The van der Waals surface area contributed by atoms with Crippen molar-refractivity contribution < 1.29 is 13.2 Å². The van der Waals surface area contributed by atoms with Gasteiger partial charge in [-0.15, -0.1) is 10.2 Å². The maximum Gasteiger partial charge on any atom is 0.246 e. The first-order valence-corrected chi connectivity index (χ1v) is 13.2. The van der Waals surface area contributed by atoms with Gasteiger partial charge < -0.3 is 0 Å². The van der Waals surface area contributed by atoms with E-state index in [9.17, 15) is 13.2 Å². The Bertz CT molecular complexity index is 1140. The second-order valence-corrected chi connectivity index (χ2v) is 11.4. The summed E-state index contributed by atoms with van der Waals surface area (Å²) in [6.45, 7) is 1.50. The lowest BCUT2D eigenvalue weighted by atomic mass is 10.2. The highest BCUT2D eigenvalue weighted by Crippen LogP contribution is 2.28. The number of amides is 1. The van der Waals surface area contributed by atoms with Gasteiger partial charge in [-0.1, -0.05) is 69.4 Å². The summed E-state index contributed by atoms with van der Waals surface area (Å²) in [7, 11) is -3.65. The van der Waals surface area contributed by atoms with Crippen LogP contribution in [-0.4, -0.2) is 37.3 Å². The van der Waals surface area contributed by atoms with E-state index in [2.05, 4.69) is 31.4 Å². The van der Waals surface area contributed by atoms with Crippen LogP contribution in [0.4, 0.5) is 10.8 Å². The Morgan fingerprint density at radius 2 is 1.93 bits per heavy atom. The normalized spacial score (nSPS) is 11.3. The molecule has 2 aromatic carbocycles. The third-order valence-corrected chi connectivity index (χ3v) is 8.05. The molecule has 3 aromatic rings. The Balaban J connectivity index is 1.64. The third kappa shape index (κ3) is 6.27. The topological polar surface area (TPSA) is 92.3 Å². The molecule has 30 heavy (non-hydrogen) atoms. The van der Waals surface area contributed by atoms with Gasteiger partial charge in [-0.25, -0.2) is 8.42 Å². The lowest BCUT2D eigenvalue weighted by molar-refractivity contribution is -0.114. The van der Waals surface area contributed by atoms with Gasteiger partial charge in [-0.05, 0) is 36.2 Å². The molecular formula is C19H19BrN4O3S3. The van der Waals surface area contributed by atoms with Crippen LogP contribution < -0.4 is 9.62 Å². The molecule has 0 unspecified atom stereocenters. The standard InChI is InChI=1S/C19H19BrN4O3S3/c1-13-10-15(8-9-16(13)20)24(30(2,26)27)11-17(25)21-18-22-23-19(29-18)28-12-14-6-4-3-5-7-14/h3-10H,11-12H2,1-2H3,(H,21,22,25). The first kappa shape index (κ1) is 22.7. The number of halogens is 1. The van der Waals surface area contributed by atoms with E-state index in [1.807, 2.05) is 37.3 Å². The summed E-state index contributed by atoms with van der Waals surface area (Å²) in [5.41, 5.74) is 2.45. The number of hydrogen-bond acceptors (Lipinski definition) is 7. The molecule has 11 heteroatoms. The zero-order valence-corrected chi connectivity index (χ0v) is 20.2. The maximum atomic E-state index is 12.5. The summed E-state index contributed by atoms with van der Waals surface area (Å²) >= 11 is 6.16. The highest BCUT2D eigenvalue weighted by Gasteiger charge is 2.22. The van der Waals surface area contributed by atoms with Crippen molar-refractivity contribution in [3.8, 4) is 0 Å². The molecule has 3 rings (SSSR count). The molecule has 0 fully saturated rings. The lowest BCUT2D eigenvalue weighted by Crippen LogP contribution is -2.37. The van der Waals surface area contributed by atoms with Gasteiger partial charge in [0.1, 0.15) is 6.54 Å². The molecule has 0 aliphatic rings. The van der Waals surface area contributed by atoms with Gasteiger partial charge in [0.2, 0.25) is 21.1 Å². The number of benzene rings is 2. The zero-order valence-electron chi connectivity index (χ0n) is 16.2. The Labute approximate surface area is 192 Å². The molecule has 1 aromatic heterocycles. The number of hydrogen-bond donors (Lipinski definition) is 1. The van der Waals surface area contributed by atoms with Gasteiger partial charge >= 0.3 is 0 Å². The van der Waals surface area contributed by atoms with E-state index in [0.29, 0.717) is 10.8 Å². The molecule has 0 aliphatic heterocycles. The molecule has 158 valence electrons. The number of sulfonamides is 1. The molecular weight excluding hydrogens is 508 g/mol. The SMILES string of the molecule is Cc1cc(N(CC(=O)Nc2nnc(SCc3ccccc3)s2)S(C)(=O)=O)ccc1Br. The molecule has 0 bridgehead atoms. The summed E-state index contributed by atoms with van der Waals surface area (Å²) in [5, 5.41) is 11.0. The summed E-state index contributed by atoms with van der Waals surface area (Å²) in [6.07, 6.45) is 1.07. The molecule has 0 atom stereocenters. The van der Waals surface area contributed by atoms with Gasteiger partial charge in [0, 0.05) is 10.2 Å². The van der Waals surface area contributed by atoms with Gasteiger partial charge in [-0.3, -0.25) is 14.4 Å². The first-order valence-electron chi connectivity index (χ1n) is 8.76. The Morgan fingerprint density at radius 3 is 2.60 bits per heavy atom. The van der Waals surface area contributed by atoms with Crippen LogP contribution in [0.15, 0.2) is 57.3 Å². The molecule has 1 amide bonds. The monoisotopic (exact) mass is 526 g/mol. The number of thioether (sulfide) groups is 1. The van der Waals surface area contributed by atoms with Crippen molar-refractivity contribution in [1.29, 1.82) is 0 Å². The second kappa shape index (κ2) is 9.90. The molecule has 0 aliphatic carbocycles. The second-order valence-electron chi connectivity index (χ2n) is 6.40. The van der Waals surface area contributed by atoms with Crippen molar-refractivity contribution in [2.75, 3.05) is 22.4 Å². The average molecular weight is 527 g/mol. The van der Waals surface area contributed by atoms with E-state index < -0.39 is 15.9 Å². The summed E-state index contributed by atoms with van der Waals surface area (Å²) < 4.78 is 27.1. The van der Waals surface area contributed by atoms with Crippen LogP contribution in [0, 0.1) is 6.92 Å². The summed E-state index contributed by atoms with van der Waals surface area (Å²) in [4.78, 5) is 12.5. The van der Waals surface area contributed by atoms with Gasteiger partial charge in [0.05, 0.1) is 11.9 Å². The highest BCUT2D eigenvalue weighted by molar-refractivity contribution is 9.10. The predicted molar refractivity (Wildman–Crippen MR) is 126 cm³/mol. The van der Waals surface area contributed by atoms with Crippen molar-refractivity contribution in [2.45, 2.75) is 17.0 Å². The van der Waals surface area contributed by atoms with Crippen molar-refractivity contribution in [1.82, 2.24) is 10.2 Å². The predicted octanol–water partition coefficient (Wildman–Crippen LogP) is 4.31. The highest BCUT2D eigenvalue weighted by atomic mass is 79.9. The summed E-state index contributed by atoms with van der Waals surface area (Å²) in [5.74, 6) is 0.255. The van der Waals surface area contributed by atoms with Crippen molar-refractivity contribution in [3.63, 3.8) is 0 Å². The van der Waals surface area contributed by atoms with Crippen LogP contribution >= 0.6 is 39.0 Å². The number of nitrogens with one attached hydrogen (secondary N) is 1. The molecule has 1 heterocycles. The minimum atomic E-state index is -3.65. The quantitative estimate of drug-likeness (QED) is 0.347. The molecule has 0 saturated carbocycles. The number of nitrogens with zero attached hydrogens (tertiary/aromatic N) is 3. The Kier molecular flexibility index (Phi) is 7.50. The van der Waals surface area contributed by atoms with E-state index in [-0.39, 0.29) is 6.54 Å². The van der Waals surface area contributed by atoms with Crippen LogP contribution in [0.2, 0.25) is 0 Å². The maximum absolute atomic E-state index is 12.5. The molecule has 0 radical (unpaired) electrons. The number of rotatable bonds is 8. The molecule has 1 N–H and O–H groups in total. The molecule has 0 spiro atoms. The fraction of sp³-hybridized carbons (Fsp3) is 0.211. The number of carbonyl (C=O) groups is 1. The van der Waals surface area contributed by atoms with E-state index in [1.165, 1.54) is 23.1 Å². The smallest absolute Gasteiger partial charge is 0.246 e. The number of aromatic nitrogens is 2. The third-order valence-electron chi connectivity index (χ3n) is 3.98. The fourth-order valence-corrected chi connectivity index (χ4v) is 5.33. The summed E-state index contributed by atoms with van der Waals surface area (Å²) in [6, 6.07) is 15.1. The number of carbonyl (C=O) groups excluding carboxylic acids is 1. The van der Waals surface area contributed by atoms with Gasteiger partial charge in [0.15, 0.2) is 4.34 Å². The molecule has 0 saturated heterocycles. The van der Waals surface area contributed by atoms with Gasteiger partial charge in [-0.2, -0.15) is 0 Å². The van der Waals surface area contributed by atoms with E-state index in [0.717, 1.165) is 36.3 Å². The van der Waals surface area contributed by atoms with Gasteiger partial charge in [0.25, 0.3) is 0 Å². The minimum Gasteiger partial charge on any atom is -0.299 e. The minimum absolute atomic E-state index is 0.330. The van der Waals surface area contributed by atoms with Crippen LogP contribution in [0.25, 0.3) is 0 Å². The van der Waals surface area contributed by atoms with Crippen molar-refractivity contribution in [3.05, 3.63) is 64.1 Å². The van der Waals surface area contributed by atoms with E-state index in [4.69, 9.17) is 0 Å². The lowest BCUT2D eigenvalue weighted by Gasteiger charge is -2.22. The fourth-order valence-electron chi connectivity index (χ4n) is 2.51. The Hall–Kier alpha value is -1.95.